The third-order valence-corrected chi connectivity index (χ3v) is 11.1. The fraction of sp³-hybridized carbons (Fsp3) is 0.571. The minimum atomic E-state index is -1.45. The topological polar surface area (TPSA) is 313 Å². The molecule has 0 aromatic rings. The first kappa shape index (κ1) is 38.3. The molecule has 0 aromatic carbocycles. The number of carboxylic acids is 2. The van der Waals surface area contributed by atoms with Crippen molar-refractivity contribution in [1.82, 2.24) is 20.4 Å². The number of fused-ring (bicyclic) bond motifs is 4. The maximum absolute atomic E-state index is 13.3. The van der Waals surface area contributed by atoms with Crippen LogP contribution in [0.4, 0.5) is 9.59 Å². The Balaban J connectivity index is 1.32. The molecule has 10 N–H and O–H groups in total. The van der Waals surface area contributed by atoms with Crippen molar-refractivity contribution in [3.8, 4) is 0 Å². The standard InChI is InChI=1S/C28H37N7O13S2/c1-11-19(30)22(40)18-12(9-48-26(31)44)28(46-2)23-15(8-34(28)20(18)21(11)39)35(23)27(45)47-5-6-49-50-10-14(24(41)32-7-17(37)38)33-16(36)4-3-13(29)25(42)43/h12-15,23H,3-10,29-30H2,1-2H3,(H2,31,44)(H,32,41)(H,33,36)(H,37,38)(H,42,43)/t12-,13+,14-,15+,23+,28-,35?/m1/s1. The number of carbonyl (C=O) groups is 8. The zero-order valence-electron chi connectivity index (χ0n) is 26.9. The van der Waals surface area contributed by atoms with Crippen molar-refractivity contribution in [3.63, 3.8) is 0 Å². The van der Waals surface area contributed by atoms with Crippen LogP contribution < -0.4 is 27.8 Å². The number of nitrogens with one attached hydrogen (secondary N) is 2. The number of Topliss-reactive ketones (excluding diaryl/α,β-unsaturated/α-hetero) is 2. The lowest BCUT2D eigenvalue weighted by atomic mass is 9.82. The van der Waals surface area contributed by atoms with Gasteiger partial charge in [-0.3, -0.25) is 33.7 Å². The van der Waals surface area contributed by atoms with E-state index in [2.05, 4.69) is 10.6 Å². The van der Waals surface area contributed by atoms with Crippen LogP contribution in [0.1, 0.15) is 19.8 Å². The third kappa shape index (κ3) is 7.46. The van der Waals surface area contributed by atoms with Crippen molar-refractivity contribution in [2.45, 2.75) is 49.7 Å². The highest BCUT2D eigenvalue weighted by Crippen LogP contribution is 2.59. The van der Waals surface area contributed by atoms with E-state index in [0.717, 1.165) is 10.8 Å². The van der Waals surface area contributed by atoms with Crippen LogP contribution in [0.2, 0.25) is 0 Å². The summed E-state index contributed by atoms with van der Waals surface area (Å²) >= 11 is 0. The van der Waals surface area contributed by atoms with Gasteiger partial charge in [-0.1, -0.05) is 21.6 Å². The van der Waals surface area contributed by atoms with Gasteiger partial charge in [-0.15, -0.1) is 0 Å². The number of nitrogens with two attached hydrogens (primary N) is 3. The summed E-state index contributed by atoms with van der Waals surface area (Å²) in [7, 11) is 3.68. The Hall–Kier alpha value is -4.54. The number of hydrogen-bond acceptors (Lipinski definition) is 16. The molecule has 2 saturated heterocycles. The van der Waals surface area contributed by atoms with Gasteiger partial charge < -0.3 is 57.2 Å². The van der Waals surface area contributed by atoms with E-state index in [1.165, 1.54) is 29.7 Å². The first-order valence-electron chi connectivity index (χ1n) is 15.1. The quantitative estimate of drug-likeness (QED) is 0.0349. The van der Waals surface area contributed by atoms with Crippen LogP contribution in [0.15, 0.2) is 22.5 Å². The number of hydrogen-bond donors (Lipinski definition) is 7. The number of rotatable bonds is 17. The van der Waals surface area contributed by atoms with Crippen LogP contribution in [0, 0.1) is 5.92 Å². The lowest BCUT2D eigenvalue weighted by Crippen LogP contribution is -2.56. The molecule has 0 bridgehead atoms. The third-order valence-electron chi connectivity index (χ3n) is 8.67. The van der Waals surface area contributed by atoms with E-state index in [-0.39, 0.29) is 60.0 Å². The Labute approximate surface area is 292 Å². The monoisotopic (exact) mass is 743 g/mol. The van der Waals surface area contributed by atoms with Crippen LogP contribution in [-0.4, -0.2) is 142 Å². The molecule has 22 heteroatoms. The van der Waals surface area contributed by atoms with Crippen LogP contribution in [0.5, 0.6) is 0 Å². The zero-order valence-corrected chi connectivity index (χ0v) is 28.5. The Kier molecular flexibility index (Phi) is 11.9. The second kappa shape index (κ2) is 15.6. The van der Waals surface area contributed by atoms with Gasteiger partial charge in [0, 0.05) is 42.7 Å². The van der Waals surface area contributed by atoms with E-state index in [0.29, 0.717) is 0 Å². The minimum Gasteiger partial charge on any atom is -0.480 e. The molecule has 274 valence electrons. The van der Waals surface area contributed by atoms with E-state index in [4.69, 9.17) is 41.6 Å². The number of piperazine rings is 1. The number of primary amides is 1. The molecule has 3 aliphatic heterocycles. The Morgan fingerprint density at radius 1 is 1.10 bits per heavy atom. The molecule has 6 atom stereocenters. The summed E-state index contributed by atoms with van der Waals surface area (Å²) in [6.45, 7) is 0.373. The van der Waals surface area contributed by atoms with Gasteiger partial charge in [-0.2, -0.15) is 0 Å². The smallest absolute Gasteiger partial charge is 0.410 e. The molecule has 4 aliphatic rings. The Morgan fingerprint density at radius 3 is 2.42 bits per heavy atom. The summed E-state index contributed by atoms with van der Waals surface area (Å²) < 4.78 is 16.5. The number of allylic oxidation sites excluding steroid dienone is 2. The Bertz CT molecular complexity index is 1550. The van der Waals surface area contributed by atoms with E-state index >= 15 is 0 Å². The maximum atomic E-state index is 13.3. The van der Waals surface area contributed by atoms with E-state index in [1.54, 1.807) is 4.90 Å². The fourth-order valence-electron chi connectivity index (χ4n) is 6.28. The second-order valence-corrected chi connectivity index (χ2v) is 14.2. The molecule has 4 rings (SSSR count). The predicted octanol–water partition coefficient (Wildman–Crippen LogP) is -2.54. The van der Waals surface area contributed by atoms with Crippen molar-refractivity contribution in [1.29, 1.82) is 0 Å². The number of methoxy groups -OCH3 is 1. The molecule has 20 nitrogen and oxygen atoms in total. The summed E-state index contributed by atoms with van der Waals surface area (Å²) in [4.78, 5) is 101. The molecule has 0 aromatic heterocycles. The second-order valence-electron chi connectivity index (χ2n) is 11.6. The van der Waals surface area contributed by atoms with Gasteiger partial charge in [-0.25, -0.2) is 9.59 Å². The summed E-state index contributed by atoms with van der Waals surface area (Å²) in [6, 6.07) is -3.57. The molecule has 1 aliphatic carbocycles. The summed E-state index contributed by atoms with van der Waals surface area (Å²) in [5.41, 5.74) is 15.0. The molecule has 0 saturated carbocycles. The number of amides is 4. The molecular weight excluding hydrogens is 706 g/mol. The van der Waals surface area contributed by atoms with E-state index < -0.39 is 96.5 Å². The van der Waals surface area contributed by atoms with Gasteiger partial charge in [0.05, 0.1) is 23.4 Å². The van der Waals surface area contributed by atoms with Crippen LogP contribution in [0.3, 0.4) is 0 Å². The maximum Gasteiger partial charge on any atom is 0.410 e. The highest BCUT2D eigenvalue weighted by atomic mass is 33.1. The molecule has 4 amide bonds. The molecule has 0 unspecified atom stereocenters. The van der Waals surface area contributed by atoms with Gasteiger partial charge in [-0.05, 0) is 13.3 Å². The number of carboxylic acid groups (broad SMARTS) is 2. The van der Waals surface area contributed by atoms with Crippen LogP contribution >= 0.6 is 21.6 Å². The van der Waals surface area contributed by atoms with Gasteiger partial charge in [0.25, 0.3) is 0 Å². The van der Waals surface area contributed by atoms with Crippen LogP contribution in [-0.2, 0) is 43.0 Å². The van der Waals surface area contributed by atoms with Crippen molar-refractivity contribution in [2.75, 3.05) is 44.9 Å². The minimum absolute atomic E-state index is 0.00796. The highest BCUT2D eigenvalue weighted by molar-refractivity contribution is 8.76. The number of nitrogens with zero attached hydrogens (tertiary/aromatic N) is 2. The molecule has 2 fully saturated rings. The average Bonchev–Trinajstić information content (AvgIpc) is 3.58. The molecular formula is C28H37N7O13S2. The molecule has 0 radical (unpaired) electrons. The van der Waals surface area contributed by atoms with E-state index in [9.17, 15) is 38.4 Å². The Morgan fingerprint density at radius 2 is 1.80 bits per heavy atom. The first-order valence-corrected chi connectivity index (χ1v) is 17.6. The van der Waals surface area contributed by atoms with Crippen molar-refractivity contribution < 1.29 is 62.8 Å². The average molecular weight is 744 g/mol. The molecule has 3 heterocycles. The highest BCUT2D eigenvalue weighted by Gasteiger charge is 2.78. The van der Waals surface area contributed by atoms with Crippen molar-refractivity contribution >= 4 is 69.1 Å². The van der Waals surface area contributed by atoms with Gasteiger partial charge in [0.2, 0.25) is 23.4 Å². The summed E-state index contributed by atoms with van der Waals surface area (Å²) in [5, 5.41) is 22.4. The lowest BCUT2D eigenvalue weighted by Gasteiger charge is -2.40. The molecule has 50 heavy (non-hydrogen) atoms. The molecule has 0 spiro atoms. The fourth-order valence-corrected chi connectivity index (χ4v) is 8.27. The van der Waals surface area contributed by atoms with Crippen molar-refractivity contribution in [3.05, 3.63) is 22.5 Å². The normalized spacial score (nSPS) is 24.6. The number of ether oxygens (including phenoxy) is 3. The number of ketones is 2. The largest absolute Gasteiger partial charge is 0.480 e. The predicted molar refractivity (Wildman–Crippen MR) is 172 cm³/mol. The first-order chi connectivity index (χ1) is 23.6. The number of carbonyl (C=O) groups excluding carboxylic acids is 6. The summed E-state index contributed by atoms with van der Waals surface area (Å²) in [5.74, 6) is -5.86. The SMILES string of the molecule is CO[C@@]12[C@H](COC(N)=O)C3=C(C(=O)C(C)=C(N)C3=O)N1C[C@H]1[C@@H]2N1C(=O)OCCSSC[C@@H](NC(=O)CC[C@H](N)C(=O)O)C(=O)NCC(=O)O. The van der Waals surface area contributed by atoms with Gasteiger partial charge in [0.15, 0.2) is 5.72 Å². The number of aliphatic carboxylic acids is 2. The lowest BCUT2D eigenvalue weighted by molar-refractivity contribution is -0.144. The zero-order chi connectivity index (χ0) is 37.1. The van der Waals surface area contributed by atoms with Crippen molar-refractivity contribution in [2.24, 2.45) is 23.1 Å². The van der Waals surface area contributed by atoms with Gasteiger partial charge >= 0.3 is 24.1 Å². The van der Waals surface area contributed by atoms with Gasteiger partial charge in [0.1, 0.15) is 37.9 Å². The van der Waals surface area contributed by atoms with Crippen LogP contribution in [0.25, 0.3) is 0 Å². The van der Waals surface area contributed by atoms with E-state index in [1.807, 2.05) is 0 Å². The summed E-state index contributed by atoms with van der Waals surface area (Å²) in [6.07, 6.45) is -2.27.